The van der Waals surface area contributed by atoms with E-state index in [2.05, 4.69) is 15.9 Å². The summed E-state index contributed by atoms with van der Waals surface area (Å²) < 4.78 is 31.7. The molecule has 3 aromatic rings. The first kappa shape index (κ1) is 19.7. The van der Waals surface area contributed by atoms with Gasteiger partial charge in [-0.3, -0.25) is 0 Å². The van der Waals surface area contributed by atoms with Crippen molar-refractivity contribution in [1.29, 1.82) is 0 Å². The van der Waals surface area contributed by atoms with E-state index in [9.17, 15) is 4.39 Å². The van der Waals surface area contributed by atoms with Crippen molar-refractivity contribution in [2.45, 2.75) is 13.3 Å². The lowest BCUT2D eigenvalue weighted by Gasteiger charge is -2.10. The monoisotopic (exact) mass is 434 g/mol. The quantitative estimate of drug-likeness (QED) is 0.375. The number of methoxy groups -OCH3 is 2. The van der Waals surface area contributed by atoms with Crippen LogP contribution in [0.3, 0.4) is 0 Å². The van der Waals surface area contributed by atoms with Gasteiger partial charge >= 0.3 is 0 Å². The van der Waals surface area contributed by atoms with Crippen molar-refractivity contribution < 1.29 is 18.6 Å². The summed E-state index contributed by atoms with van der Waals surface area (Å²) in [4.78, 5) is 0. The van der Waals surface area contributed by atoms with Crippen LogP contribution in [0.1, 0.15) is 5.56 Å². The first-order valence-corrected chi connectivity index (χ1v) is 9.10. The summed E-state index contributed by atoms with van der Waals surface area (Å²) in [5.74, 6) is -0.278. The summed E-state index contributed by atoms with van der Waals surface area (Å²) in [6, 6.07) is 14.2. The van der Waals surface area contributed by atoms with E-state index < -0.39 is 0 Å². The molecule has 0 bridgehead atoms. The Hall–Kier alpha value is -2.06. The maximum atomic E-state index is 13.3. The fraction of sp³-hybridized carbons (Fsp3) is 0.250. The van der Waals surface area contributed by atoms with E-state index in [1.807, 2.05) is 24.3 Å². The smallest absolute Gasteiger partial charge is 0.146 e. The number of ether oxygens (including phenoxy) is 3. The van der Waals surface area contributed by atoms with Crippen LogP contribution in [0.15, 0.2) is 53.0 Å². The standard InChI is InChI=1S/C20H20BrFN2O3/c1-25-12-24-19(14-6-8-16(22)9-7-14)10-18(23-24)20-15(11-27-13-26-2)4-3-5-17(20)21/h3-10H,11-13H2,1-2H3. The third-order valence-electron chi connectivity index (χ3n) is 3.99. The van der Waals surface area contributed by atoms with Crippen LogP contribution in [0.4, 0.5) is 4.39 Å². The van der Waals surface area contributed by atoms with Crippen molar-refractivity contribution >= 4 is 15.9 Å². The average molecular weight is 435 g/mol. The SMILES string of the molecule is COCOCc1cccc(Br)c1-c1cc(-c2ccc(F)cc2)n(COC)n1. The second-order valence-corrected chi connectivity index (χ2v) is 6.72. The molecule has 2 aromatic carbocycles. The van der Waals surface area contributed by atoms with Gasteiger partial charge in [-0.05, 0) is 42.0 Å². The normalized spacial score (nSPS) is 11.1. The Bertz CT molecular complexity index is 897. The van der Waals surface area contributed by atoms with Crippen LogP contribution < -0.4 is 0 Å². The van der Waals surface area contributed by atoms with Crippen molar-refractivity contribution in [3.05, 3.63) is 64.4 Å². The Balaban J connectivity index is 2.05. The van der Waals surface area contributed by atoms with Gasteiger partial charge in [-0.25, -0.2) is 9.07 Å². The highest BCUT2D eigenvalue weighted by molar-refractivity contribution is 9.10. The van der Waals surface area contributed by atoms with E-state index >= 15 is 0 Å². The highest BCUT2D eigenvalue weighted by Gasteiger charge is 2.17. The molecule has 0 amide bonds. The van der Waals surface area contributed by atoms with E-state index in [1.165, 1.54) is 12.1 Å². The van der Waals surface area contributed by atoms with Gasteiger partial charge in [0, 0.05) is 29.8 Å². The molecule has 0 aliphatic carbocycles. The minimum Gasteiger partial charge on any atom is -0.362 e. The van der Waals surface area contributed by atoms with Gasteiger partial charge in [-0.2, -0.15) is 5.10 Å². The highest BCUT2D eigenvalue weighted by atomic mass is 79.9. The van der Waals surface area contributed by atoms with Crippen molar-refractivity contribution in [3.63, 3.8) is 0 Å². The Morgan fingerprint density at radius 3 is 2.56 bits per heavy atom. The van der Waals surface area contributed by atoms with E-state index in [1.54, 1.807) is 31.0 Å². The van der Waals surface area contributed by atoms with E-state index in [-0.39, 0.29) is 19.3 Å². The molecule has 142 valence electrons. The molecule has 3 rings (SSSR count). The Kier molecular flexibility index (Phi) is 6.73. The molecule has 7 heteroatoms. The van der Waals surface area contributed by atoms with Crippen LogP contribution in [0.2, 0.25) is 0 Å². The topological polar surface area (TPSA) is 45.5 Å². The summed E-state index contributed by atoms with van der Waals surface area (Å²) >= 11 is 3.61. The Labute approximate surface area is 165 Å². The molecule has 0 aliphatic rings. The van der Waals surface area contributed by atoms with Gasteiger partial charge in [-0.1, -0.05) is 28.1 Å². The highest BCUT2D eigenvalue weighted by Crippen LogP contribution is 2.34. The predicted molar refractivity (Wildman–Crippen MR) is 104 cm³/mol. The van der Waals surface area contributed by atoms with Gasteiger partial charge in [-0.15, -0.1) is 0 Å². The molecule has 0 radical (unpaired) electrons. The minimum absolute atomic E-state index is 0.213. The van der Waals surface area contributed by atoms with Crippen molar-refractivity contribution in [2.24, 2.45) is 0 Å². The van der Waals surface area contributed by atoms with Crippen LogP contribution in [-0.2, 0) is 27.5 Å². The van der Waals surface area contributed by atoms with Gasteiger partial charge in [0.05, 0.1) is 18.0 Å². The molecule has 0 unspecified atom stereocenters. The lowest BCUT2D eigenvalue weighted by Crippen LogP contribution is -2.04. The zero-order valence-corrected chi connectivity index (χ0v) is 16.7. The fourth-order valence-electron chi connectivity index (χ4n) is 2.82. The van der Waals surface area contributed by atoms with Crippen LogP contribution in [0, 0.1) is 5.82 Å². The Morgan fingerprint density at radius 1 is 1.07 bits per heavy atom. The molecule has 5 nitrogen and oxygen atoms in total. The number of aromatic nitrogens is 2. The molecular weight excluding hydrogens is 415 g/mol. The van der Waals surface area contributed by atoms with E-state index in [4.69, 9.17) is 19.3 Å². The fourth-order valence-corrected chi connectivity index (χ4v) is 3.43. The molecule has 1 aromatic heterocycles. The molecule has 0 saturated carbocycles. The van der Waals surface area contributed by atoms with Crippen molar-refractivity contribution in [2.75, 3.05) is 21.0 Å². The zero-order valence-electron chi connectivity index (χ0n) is 15.1. The second-order valence-electron chi connectivity index (χ2n) is 5.87. The molecule has 0 saturated heterocycles. The number of hydrogen-bond acceptors (Lipinski definition) is 4. The first-order chi connectivity index (χ1) is 13.1. The zero-order chi connectivity index (χ0) is 19.2. The largest absolute Gasteiger partial charge is 0.362 e. The summed E-state index contributed by atoms with van der Waals surface area (Å²) in [7, 11) is 3.20. The van der Waals surface area contributed by atoms with Crippen molar-refractivity contribution in [3.8, 4) is 22.5 Å². The van der Waals surface area contributed by atoms with Crippen LogP contribution >= 0.6 is 15.9 Å². The third-order valence-corrected chi connectivity index (χ3v) is 4.65. The summed E-state index contributed by atoms with van der Waals surface area (Å²) in [5.41, 5.74) is 4.39. The number of hydrogen-bond donors (Lipinski definition) is 0. The number of rotatable bonds is 8. The van der Waals surface area contributed by atoms with Crippen LogP contribution in [0.5, 0.6) is 0 Å². The average Bonchev–Trinajstić information content (AvgIpc) is 3.06. The molecule has 0 fully saturated rings. The summed E-state index contributed by atoms with van der Waals surface area (Å²) in [6.45, 7) is 0.892. The summed E-state index contributed by atoms with van der Waals surface area (Å²) in [6.07, 6.45) is 0. The minimum atomic E-state index is -0.278. The number of halogens is 2. The molecule has 0 atom stereocenters. The Morgan fingerprint density at radius 2 is 1.85 bits per heavy atom. The van der Waals surface area contributed by atoms with E-state index in [0.717, 1.165) is 32.6 Å². The van der Waals surface area contributed by atoms with Gasteiger partial charge in [0.15, 0.2) is 0 Å². The lowest BCUT2D eigenvalue weighted by atomic mass is 10.0. The molecule has 0 aliphatic heterocycles. The van der Waals surface area contributed by atoms with E-state index in [0.29, 0.717) is 6.61 Å². The number of benzene rings is 2. The van der Waals surface area contributed by atoms with Gasteiger partial charge in [0.2, 0.25) is 0 Å². The molecular formula is C20H20BrFN2O3. The maximum absolute atomic E-state index is 13.3. The van der Waals surface area contributed by atoms with Crippen LogP contribution in [0.25, 0.3) is 22.5 Å². The molecule has 27 heavy (non-hydrogen) atoms. The van der Waals surface area contributed by atoms with Gasteiger partial charge in [0.25, 0.3) is 0 Å². The first-order valence-electron chi connectivity index (χ1n) is 8.31. The molecule has 1 heterocycles. The molecule has 0 spiro atoms. The second kappa shape index (κ2) is 9.23. The van der Waals surface area contributed by atoms with Crippen molar-refractivity contribution in [1.82, 2.24) is 9.78 Å². The lowest BCUT2D eigenvalue weighted by molar-refractivity contribution is -0.0389. The van der Waals surface area contributed by atoms with Gasteiger partial charge < -0.3 is 14.2 Å². The third kappa shape index (κ3) is 4.62. The predicted octanol–water partition coefficient (Wildman–Crippen LogP) is 4.84. The molecule has 0 N–H and O–H groups in total. The van der Waals surface area contributed by atoms with Crippen LogP contribution in [-0.4, -0.2) is 30.8 Å². The van der Waals surface area contributed by atoms with Gasteiger partial charge in [0.1, 0.15) is 19.3 Å². The summed E-state index contributed by atoms with van der Waals surface area (Å²) in [5, 5.41) is 4.70. The maximum Gasteiger partial charge on any atom is 0.146 e. The number of nitrogens with zero attached hydrogens (tertiary/aromatic N) is 2.